The van der Waals surface area contributed by atoms with Crippen LogP contribution < -0.4 is 10.6 Å². The van der Waals surface area contributed by atoms with E-state index in [1.807, 2.05) is 37.3 Å². The van der Waals surface area contributed by atoms with Crippen LogP contribution in [0, 0.1) is 0 Å². The molecule has 0 spiro atoms. The SMILES string of the molecule is CCn1nc2n(c1=O)C(=O)N(c1ccccc1)C2. The van der Waals surface area contributed by atoms with E-state index in [2.05, 4.69) is 5.10 Å². The van der Waals surface area contributed by atoms with Crippen LogP contribution in [0.5, 0.6) is 0 Å². The lowest BCUT2D eigenvalue weighted by Crippen LogP contribution is -2.34. The van der Waals surface area contributed by atoms with Crippen LogP contribution in [-0.4, -0.2) is 20.4 Å². The van der Waals surface area contributed by atoms with Gasteiger partial charge in [-0.2, -0.15) is 9.67 Å². The molecule has 18 heavy (non-hydrogen) atoms. The van der Waals surface area contributed by atoms with Gasteiger partial charge < -0.3 is 0 Å². The first-order chi connectivity index (χ1) is 8.72. The molecule has 0 saturated carbocycles. The van der Waals surface area contributed by atoms with E-state index in [9.17, 15) is 9.59 Å². The van der Waals surface area contributed by atoms with Gasteiger partial charge in [0.25, 0.3) is 0 Å². The topological polar surface area (TPSA) is 60.1 Å². The van der Waals surface area contributed by atoms with Gasteiger partial charge in [-0.1, -0.05) is 18.2 Å². The molecule has 0 unspecified atom stereocenters. The van der Waals surface area contributed by atoms with Gasteiger partial charge in [0.2, 0.25) is 0 Å². The Bertz CT molecular complexity index is 656. The Morgan fingerprint density at radius 1 is 1.22 bits per heavy atom. The van der Waals surface area contributed by atoms with Crippen molar-refractivity contribution in [3.8, 4) is 0 Å². The fraction of sp³-hybridized carbons (Fsp3) is 0.250. The fourth-order valence-electron chi connectivity index (χ4n) is 2.09. The fourth-order valence-corrected chi connectivity index (χ4v) is 2.09. The molecule has 1 aromatic heterocycles. The summed E-state index contributed by atoms with van der Waals surface area (Å²) in [4.78, 5) is 25.6. The number of amides is 1. The van der Waals surface area contributed by atoms with Gasteiger partial charge in [-0.25, -0.2) is 14.3 Å². The van der Waals surface area contributed by atoms with Gasteiger partial charge in [-0.05, 0) is 19.1 Å². The van der Waals surface area contributed by atoms with Crippen LogP contribution in [0.3, 0.4) is 0 Å². The number of hydrogen-bond donors (Lipinski definition) is 0. The molecule has 3 rings (SSSR count). The normalized spacial score (nSPS) is 14.1. The highest BCUT2D eigenvalue weighted by Crippen LogP contribution is 2.21. The first kappa shape index (κ1) is 10.8. The van der Waals surface area contributed by atoms with E-state index in [1.165, 1.54) is 4.68 Å². The molecule has 6 heteroatoms. The Labute approximate surface area is 103 Å². The summed E-state index contributed by atoms with van der Waals surface area (Å²) >= 11 is 0. The second kappa shape index (κ2) is 3.83. The highest BCUT2D eigenvalue weighted by molar-refractivity contribution is 5.95. The molecule has 92 valence electrons. The van der Waals surface area contributed by atoms with Crippen LogP contribution in [0.1, 0.15) is 12.7 Å². The summed E-state index contributed by atoms with van der Waals surface area (Å²) in [6, 6.07) is 8.93. The van der Waals surface area contributed by atoms with Crippen molar-refractivity contribution in [1.82, 2.24) is 14.3 Å². The molecular formula is C12H12N4O2. The third-order valence-corrected chi connectivity index (χ3v) is 3.00. The largest absolute Gasteiger partial charge is 0.354 e. The highest BCUT2D eigenvalue weighted by Gasteiger charge is 2.32. The zero-order chi connectivity index (χ0) is 12.7. The Morgan fingerprint density at radius 3 is 2.56 bits per heavy atom. The molecular weight excluding hydrogens is 232 g/mol. The summed E-state index contributed by atoms with van der Waals surface area (Å²) in [7, 11) is 0. The van der Waals surface area contributed by atoms with E-state index < -0.39 is 0 Å². The van der Waals surface area contributed by atoms with E-state index in [-0.39, 0.29) is 11.7 Å². The van der Waals surface area contributed by atoms with Crippen LogP contribution in [-0.2, 0) is 13.1 Å². The van der Waals surface area contributed by atoms with Gasteiger partial charge in [-0.3, -0.25) is 4.90 Å². The number of carbonyl (C=O) groups is 1. The molecule has 1 amide bonds. The second-order valence-corrected chi connectivity index (χ2v) is 4.05. The third kappa shape index (κ3) is 1.38. The van der Waals surface area contributed by atoms with Crippen LogP contribution in [0.25, 0.3) is 0 Å². The minimum absolute atomic E-state index is 0.332. The summed E-state index contributed by atoms with van der Waals surface area (Å²) in [5, 5.41) is 4.14. The Balaban J connectivity index is 2.03. The molecule has 2 aromatic rings. The quantitative estimate of drug-likeness (QED) is 0.793. The van der Waals surface area contributed by atoms with Crippen molar-refractivity contribution in [1.29, 1.82) is 0 Å². The lowest BCUT2D eigenvalue weighted by atomic mass is 10.3. The van der Waals surface area contributed by atoms with Crippen LogP contribution in [0.2, 0.25) is 0 Å². The number of anilines is 1. The molecule has 0 radical (unpaired) electrons. The summed E-state index contributed by atoms with van der Waals surface area (Å²) in [5.41, 5.74) is 0.409. The first-order valence-electron chi connectivity index (χ1n) is 5.78. The van der Waals surface area contributed by atoms with Crippen LogP contribution >= 0.6 is 0 Å². The zero-order valence-electron chi connectivity index (χ0n) is 9.91. The molecule has 0 fully saturated rings. The third-order valence-electron chi connectivity index (χ3n) is 3.00. The van der Waals surface area contributed by atoms with Crippen molar-refractivity contribution in [3.05, 3.63) is 46.6 Å². The monoisotopic (exact) mass is 244 g/mol. The standard InChI is InChI=1S/C12H12N4O2/c1-2-15-12(18)16-10(13-15)8-14(11(16)17)9-6-4-3-5-7-9/h3-7H,2,8H2,1H3. The van der Waals surface area contributed by atoms with Crippen molar-refractivity contribution in [2.45, 2.75) is 20.0 Å². The summed E-state index contributed by atoms with van der Waals surface area (Å²) in [6.07, 6.45) is 0. The average Bonchev–Trinajstić information content (AvgIpc) is 2.89. The molecule has 0 N–H and O–H groups in total. The van der Waals surface area contributed by atoms with E-state index in [1.54, 1.807) is 4.90 Å². The average molecular weight is 244 g/mol. The minimum atomic E-state index is -0.365. The van der Waals surface area contributed by atoms with E-state index in [4.69, 9.17) is 0 Å². The maximum Gasteiger partial charge on any atom is 0.354 e. The molecule has 0 saturated heterocycles. The number of aromatic nitrogens is 3. The van der Waals surface area contributed by atoms with Crippen LogP contribution in [0.15, 0.2) is 35.1 Å². The maximum atomic E-state index is 12.2. The van der Waals surface area contributed by atoms with Crippen molar-refractivity contribution in [3.63, 3.8) is 0 Å². The first-order valence-corrected chi connectivity index (χ1v) is 5.78. The van der Waals surface area contributed by atoms with Gasteiger partial charge in [0, 0.05) is 12.2 Å². The molecule has 1 aliphatic rings. The number of aryl methyl sites for hydroxylation is 1. The van der Waals surface area contributed by atoms with Crippen molar-refractivity contribution < 1.29 is 4.79 Å². The van der Waals surface area contributed by atoms with Crippen molar-refractivity contribution in [2.24, 2.45) is 0 Å². The van der Waals surface area contributed by atoms with E-state index in [0.29, 0.717) is 18.9 Å². The number of para-hydroxylation sites is 1. The number of rotatable bonds is 2. The van der Waals surface area contributed by atoms with Crippen molar-refractivity contribution >= 4 is 11.7 Å². The van der Waals surface area contributed by atoms with Crippen LogP contribution in [0.4, 0.5) is 10.5 Å². The van der Waals surface area contributed by atoms with Crippen molar-refractivity contribution in [2.75, 3.05) is 4.90 Å². The van der Waals surface area contributed by atoms with E-state index >= 15 is 0 Å². The molecule has 0 atom stereocenters. The smallest absolute Gasteiger partial charge is 0.286 e. The summed E-state index contributed by atoms with van der Waals surface area (Å²) < 4.78 is 2.44. The number of hydrogen-bond acceptors (Lipinski definition) is 3. The predicted octanol–water partition coefficient (Wildman–Crippen LogP) is 1.05. The molecule has 6 nitrogen and oxygen atoms in total. The summed E-state index contributed by atoms with van der Waals surface area (Å²) in [5.74, 6) is 0.496. The molecule has 2 heterocycles. The zero-order valence-corrected chi connectivity index (χ0v) is 9.91. The van der Waals surface area contributed by atoms with Gasteiger partial charge in [-0.15, -0.1) is 0 Å². The van der Waals surface area contributed by atoms with E-state index in [0.717, 1.165) is 10.3 Å². The number of fused-ring (bicyclic) bond motifs is 1. The molecule has 0 aliphatic carbocycles. The summed E-state index contributed by atoms with van der Waals surface area (Å²) in [6.45, 7) is 2.63. The Morgan fingerprint density at radius 2 is 1.94 bits per heavy atom. The predicted molar refractivity (Wildman–Crippen MR) is 65.6 cm³/mol. The number of benzene rings is 1. The molecule has 1 aliphatic heterocycles. The van der Waals surface area contributed by atoms with Gasteiger partial charge in [0.1, 0.15) is 0 Å². The maximum absolute atomic E-state index is 12.2. The number of nitrogens with zero attached hydrogens (tertiary/aromatic N) is 4. The highest BCUT2D eigenvalue weighted by atomic mass is 16.2. The number of carbonyl (C=O) groups excluding carboxylic acids is 1. The molecule has 0 bridgehead atoms. The lowest BCUT2D eigenvalue weighted by Gasteiger charge is -2.14. The van der Waals surface area contributed by atoms with Gasteiger partial charge >= 0.3 is 11.7 Å². The second-order valence-electron chi connectivity index (χ2n) is 4.05. The molecule has 1 aromatic carbocycles. The Hall–Kier alpha value is -2.37. The Kier molecular flexibility index (Phi) is 2.29. The minimum Gasteiger partial charge on any atom is -0.286 e. The van der Waals surface area contributed by atoms with Gasteiger partial charge in [0.05, 0.1) is 6.54 Å². The van der Waals surface area contributed by atoms with Gasteiger partial charge in [0.15, 0.2) is 5.82 Å². The lowest BCUT2D eigenvalue weighted by molar-refractivity contribution is 0.250.